The largest absolute Gasteiger partial charge is 0.206 e. The molecule has 2 heteroatoms. The fourth-order valence-corrected chi connectivity index (χ4v) is 3.77. The summed E-state index contributed by atoms with van der Waals surface area (Å²) in [6, 6.07) is 14.2. The fraction of sp³-hybridized carbons (Fsp3) is 0.400. The Balaban J connectivity index is 1.78. The Morgan fingerprint density at radius 2 is 1.64 bits per heavy atom. The van der Waals surface area contributed by atoms with E-state index in [1.807, 2.05) is 12.1 Å². The number of rotatable bonds is 2. The third kappa shape index (κ3) is 3.58. The molecule has 116 valence electrons. The van der Waals surface area contributed by atoms with Gasteiger partial charge in [-0.05, 0) is 53.5 Å². The van der Waals surface area contributed by atoms with Gasteiger partial charge in [-0.3, -0.25) is 0 Å². The molecule has 0 aliphatic heterocycles. The summed E-state index contributed by atoms with van der Waals surface area (Å²) in [6.45, 7) is 2.38. The molecular formula is C20H24FP. The van der Waals surface area contributed by atoms with Crippen LogP contribution in [0, 0.1) is 11.7 Å². The van der Waals surface area contributed by atoms with Crippen molar-refractivity contribution in [1.82, 2.24) is 0 Å². The molecule has 0 nitrogen and oxygen atoms in total. The SMILES string of the molecule is CC1CCCC(c2ccc(-c3ccc(F)c(P)c3)cc2)CC1. The van der Waals surface area contributed by atoms with E-state index < -0.39 is 0 Å². The van der Waals surface area contributed by atoms with Crippen molar-refractivity contribution in [3.63, 3.8) is 0 Å². The second-order valence-electron chi connectivity index (χ2n) is 6.67. The second kappa shape index (κ2) is 6.92. The first-order valence-corrected chi connectivity index (χ1v) is 8.86. The molecule has 1 fully saturated rings. The van der Waals surface area contributed by atoms with Gasteiger partial charge in [0.2, 0.25) is 0 Å². The Morgan fingerprint density at radius 1 is 0.909 bits per heavy atom. The fourth-order valence-electron chi connectivity index (χ4n) is 3.49. The van der Waals surface area contributed by atoms with Gasteiger partial charge in [0.05, 0.1) is 0 Å². The highest BCUT2D eigenvalue weighted by molar-refractivity contribution is 7.27. The van der Waals surface area contributed by atoms with Crippen molar-refractivity contribution in [2.75, 3.05) is 0 Å². The molecule has 1 saturated carbocycles. The lowest BCUT2D eigenvalue weighted by Gasteiger charge is -2.15. The lowest BCUT2D eigenvalue weighted by atomic mass is 9.90. The summed E-state index contributed by atoms with van der Waals surface area (Å²) in [6.07, 6.45) is 6.70. The van der Waals surface area contributed by atoms with Crippen LogP contribution < -0.4 is 5.30 Å². The first-order valence-electron chi connectivity index (χ1n) is 8.29. The van der Waals surface area contributed by atoms with Crippen molar-refractivity contribution < 1.29 is 4.39 Å². The maximum atomic E-state index is 13.4. The molecule has 2 aromatic carbocycles. The van der Waals surface area contributed by atoms with Crippen molar-refractivity contribution >= 4 is 14.5 Å². The zero-order valence-corrected chi connectivity index (χ0v) is 14.3. The molecule has 3 rings (SSSR count). The second-order valence-corrected chi connectivity index (χ2v) is 7.29. The number of hydrogen-bond donors (Lipinski definition) is 0. The van der Waals surface area contributed by atoms with Crippen LogP contribution in [0.4, 0.5) is 4.39 Å². The van der Waals surface area contributed by atoms with Crippen molar-refractivity contribution in [2.24, 2.45) is 5.92 Å². The maximum absolute atomic E-state index is 13.4. The third-order valence-corrected chi connectivity index (χ3v) is 5.41. The smallest absolute Gasteiger partial charge is 0.130 e. The van der Waals surface area contributed by atoms with Crippen molar-refractivity contribution in [3.8, 4) is 11.1 Å². The van der Waals surface area contributed by atoms with E-state index in [-0.39, 0.29) is 5.82 Å². The first-order chi connectivity index (χ1) is 10.6. The number of hydrogen-bond acceptors (Lipinski definition) is 0. The Hall–Kier alpha value is -1.20. The third-order valence-electron chi connectivity index (χ3n) is 4.97. The van der Waals surface area contributed by atoms with Crippen molar-refractivity contribution in [3.05, 3.63) is 53.8 Å². The molecule has 0 heterocycles. The summed E-state index contributed by atoms with van der Waals surface area (Å²) in [5.74, 6) is 1.42. The van der Waals surface area contributed by atoms with Crippen LogP contribution in [0.3, 0.4) is 0 Å². The van der Waals surface area contributed by atoms with E-state index in [2.05, 4.69) is 40.4 Å². The summed E-state index contributed by atoms with van der Waals surface area (Å²) in [5.41, 5.74) is 3.70. The topological polar surface area (TPSA) is 0 Å². The van der Waals surface area contributed by atoms with Crippen LogP contribution in [0.2, 0.25) is 0 Å². The van der Waals surface area contributed by atoms with Gasteiger partial charge in [0.15, 0.2) is 0 Å². The van der Waals surface area contributed by atoms with Gasteiger partial charge in [0, 0.05) is 5.30 Å². The molecule has 1 aliphatic rings. The quantitative estimate of drug-likeness (QED) is 0.494. The Kier molecular flexibility index (Phi) is 4.93. The molecule has 1 aliphatic carbocycles. The molecule has 2 aromatic rings. The molecule has 0 spiro atoms. The van der Waals surface area contributed by atoms with E-state index in [1.165, 1.54) is 43.7 Å². The van der Waals surface area contributed by atoms with Gasteiger partial charge in [0.25, 0.3) is 0 Å². The molecule has 22 heavy (non-hydrogen) atoms. The number of benzene rings is 2. The summed E-state index contributed by atoms with van der Waals surface area (Å²) in [5, 5.41) is 0.624. The summed E-state index contributed by atoms with van der Waals surface area (Å²) in [7, 11) is 2.46. The standard InChI is InChI=1S/C20H24FP/c1-14-3-2-4-15(6-5-14)16-7-9-17(10-8-16)18-11-12-19(21)20(22)13-18/h7-15H,2-6,22H2,1H3. The molecule has 3 atom stereocenters. The van der Waals surface area contributed by atoms with Crippen LogP contribution in [-0.4, -0.2) is 0 Å². The Morgan fingerprint density at radius 3 is 2.36 bits per heavy atom. The van der Waals surface area contributed by atoms with Gasteiger partial charge in [-0.2, -0.15) is 0 Å². The molecule has 0 N–H and O–H groups in total. The highest BCUT2D eigenvalue weighted by atomic mass is 31.0. The zero-order valence-electron chi connectivity index (χ0n) is 13.2. The van der Waals surface area contributed by atoms with Gasteiger partial charge >= 0.3 is 0 Å². The summed E-state index contributed by atoms with van der Waals surface area (Å²) >= 11 is 0. The van der Waals surface area contributed by atoms with Crippen molar-refractivity contribution in [2.45, 2.75) is 44.9 Å². The van der Waals surface area contributed by atoms with E-state index >= 15 is 0 Å². The van der Waals surface area contributed by atoms with Gasteiger partial charge < -0.3 is 0 Å². The summed E-state index contributed by atoms with van der Waals surface area (Å²) < 4.78 is 13.4. The van der Waals surface area contributed by atoms with Crippen LogP contribution in [0.1, 0.15) is 50.5 Å². The minimum Gasteiger partial charge on any atom is -0.206 e. The average Bonchev–Trinajstić information content (AvgIpc) is 2.75. The predicted octanol–water partition coefficient (Wildman–Crippen LogP) is 5.68. The zero-order chi connectivity index (χ0) is 15.5. The van der Waals surface area contributed by atoms with Crippen LogP contribution in [-0.2, 0) is 0 Å². The lowest BCUT2D eigenvalue weighted by Crippen LogP contribution is -1.99. The normalized spacial score (nSPS) is 22.3. The highest BCUT2D eigenvalue weighted by Crippen LogP contribution is 2.34. The van der Waals surface area contributed by atoms with E-state index in [9.17, 15) is 4.39 Å². The molecule has 0 amide bonds. The molecular weight excluding hydrogens is 290 g/mol. The van der Waals surface area contributed by atoms with Crippen LogP contribution >= 0.6 is 9.24 Å². The van der Waals surface area contributed by atoms with E-state index in [1.54, 1.807) is 0 Å². The molecule has 0 saturated heterocycles. The highest BCUT2D eigenvalue weighted by Gasteiger charge is 2.17. The number of halogens is 1. The molecule has 0 aromatic heterocycles. The Bertz CT molecular complexity index is 633. The monoisotopic (exact) mass is 314 g/mol. The minimum absolute atomic E-state index is 0.169. The van der Waals surface area contributed by atoms with E-state index in [0.717, 1.165) is 17.0 Å². The maximum Gasteiger partial charge on any atom is 0.130 e. The van der Waals surface area contributed by atoms with Gasteiger partial charge in [-0.1, -0.05) is 56.5 Å². The lowest BCUT2D eigenvalue weighted by molar-refractivity contribution is 0.499. The first kappa shape index (κ1) is 15.7. The van der Waals surface area contributed by atoms with E-state index in [4.69, 9.17) is 0 Å². The van der Waals surface area contributed by atoms with Crippen LogP contribution in [0.5, 0.6) is 0 Å². The predicted molar refractivity (Wildman–Crippen MR) is 96.2 cm³/mol. The molecule has 0 bridgehead atoms. The van der Waals surface area contributed by atoms with Gasteiger partial charge in [-0.15, -0.1) is 9.24 Å². The van der Waals surface area contributed by atoms with Gasteiger partial charge in [-0.25, -0.2) is 4.39 Å². The molecule has 3 unspecified atom stereocenters. The van der Waals surface area contributed by atoms with Crippen molar-refractivity contribution in [1.29, 1.82) is 0 Å². The molecule has 0 radical (unpaired) electrons. The van der Waals surface area contributed by atoms with E-state index in [0.29, 0.717) is 11.2 Å². The Labute approximate surface area is 135 Å². The van der Waals surface area contributed by atoms with Crippen LogP contribution in [0.15, 0.2) is 42.5 Å². The average molecular weight is 314 g/mol. The minimum atomic E-state index is -0.169. The van der Waals surface area contributed by atoms with Crippen LogP contribution in [0.25, 0.3) is 11.1 Å². The summed E-state index contributed by atoms with van der Waals surface area (Å²) in [4.78, 5) is 0. The van der Waals surface area contributed by atoms with Gasteiger partial charge in [0.1, 0.15) is 5.82 Å².